The van der Waals surface area contributed by atoms with Crippen molar-refractivity contribution in [2.75, 3.05) is 0 Å². The van der Waals surface area contributed by atoms with Crippen molar-refractivity contribution in [3.8, 4) is 0 Å². The molecule has 0 amide bonds. The van der Waals surface area contributed by atoms with E-state index in [9.17, 15) is 0 Å². The SMILES string of the molecule is CCC(N)CC=C(C)C. The first kappa shape index (κ1) is 8.70. The largest absolute Gasteiger partial charge is 0.327 e. The number of hydrogen-bond acceptors (Lipinski definition) is 1. The van der Waals surface area contributed by atoms with E-state index in [1.807, 2.05) is 0 Å². The summed E-state index contributed by atoms with van der Waals surface area (Å²) < 4.78 is 0. The van der Waals surface area contributed by atoms with Gasteiger partial charge in [-0.15, -0.1) is 0 Å². The highest BCUT2D eigenvalue weighted by Crippen LogP contribution is 1.98. The van der Waals surface area contributed by atoms with Crippen LogP contribution in [-0.4, -0.2) is 6.04 Å². The predicted octanol–water partition coefficient (Wildman–Crippen LogP) is 2.08. The van der Waals surface area contributed by atoms with Crippen LogP contribution in [0.4, 0.5) is 0 Å². The van der Waals surface area contributed by atoms with Gasteiger partial charge >= 0.3 is 0 Å². The molecular weight excluding hydrogens is 110 g/mol. The second-order valence-electron chi connectivity index (χ2n) is 2.69. The standard InChI is InChI=1S/C8H17N/c1-4-8(9)6-5-7(2)3/h5,8H,4,6,9H2,1-3H3. The summed E-state index contributed by atoms with van der Waals surface area (Å²) in [5.74, 6) is 0. The van der Waals surface area contributed by atoms with Crippen LogP contribution in [0.1, 0.15) is 33.6 Å². The summed E-state index contributed by atoms with van der Waals surface area (Å²) in [5.41, 5.74) is 7.04. The Morgan fingerprint density at radius 2 is 2.11 bits per heavy atom. The van der Waals surface area contributed by atoms with Gasteiger partial charge in [0.2, 0.25) is 0 Å². The molecule has 0 aliphatic carbocycles. The summed E-state index contributed by atoms with van der Waals surface area (Å²) in [4.78, 5) is 0. The molecule has 9 heavy (non-hydrogen) atoms. The van der Waals surface area contributed by atoms with Crippen LogP contribution in [0.15, 0.2) is 11.6 Å². The lowest BCUT2D eigenvalue weighted by Gasteiger charge is -2.03. The van der Waals surface area contributed by atoms with Gasteiger partial charge in [-0.25, -0.2) is 0 Å². The van der Waals surface area contributed by atoms with Gasteiger partial charge in [0.05, 0.1) is 0 Å². The van der Waals surface area contributed by atoms with Gasteiger partial charge in [0.25, 0.3) is 0 Å². The Bertz CT molecular complexity index is 90.7. The van der Waals surface area contributed by atoms with E-state index >= 15 is 0 Å². The molecule has 0 saturated carbocycles. The second kappa shape index (κ2) is 4.57. The number of hydrogen-bond donors (Lipinski definition) is 1. The summed E-state index contributed by atoms with van der Waals surface area (Å²) in [5, 5.41) is 0. The Kier molecular flexibility index (Phi) is 4.41. The zero-order valence-electron chi connectivity index (χ0n) is 6.65. The van der Waals surface area contributed by atoms with Gasteiger partial charge in [-0.3, -0.25) is 0 Å². The first-order valence-electron chi connectivity index (χ1n) is 3.55. The lowest BCUT2D eigenvalue weighted by Crippen LogP contribution is -2.16. The molecule has 1 nitrogen and oxygen atoms in total. The molecule has 0 spiro atoms. The van der Waals surface area contributed by atoms with E-state index in [2.05, 4.69) is 26.8 Å². The molecule has 1 heteroatoms. The maximum atomic E-state index is 5.68. The third-order valence-corrected chi connectivity index (χ3v) is 1.35. The minimum atomic E-state index is 0.361. The summed E-state index contributed by atoms with van der Waals surface area (Å²) in [7, 11) is 0. The Labute approximate surface area is 57.9 Å². The number of nitrogens with two attached hydrogens (primary N) is 1. The summed E-state index contributed by atoms with van der Waals surface area (Å²) in [6.07, 6.45) is 4.29. The normalized spacial score (nSPS) is 12.9. The molecule has 0 aromatic heterocycles. The molecule has 0 aromatic rings. The van der Waals surface area contributed by atoms with E-state index in [-0.39, 0.29) is 0 Å². The second-order valence-corrected chi connectivity index (χ2v) is 2.69. The van der Waals surface area contributed by atoms with E-state index in [1.165, 1.54) is 5.57 Å². The highest BCUT2D eigenvalue weighted by molar-refractivity contribution is 4.94. The average molecular weight is 127 g/mol. The third-order valence-electron chi connectivity index (χ3n) is 1.35. The van der Waals surface area contributed by atoms with Crippen molar-refractivity contribution in [1.29, 1.82) is 0 Å². The first-order chi connectivity index (χ1) is 4.16. The van der Waals surface area contributed by atoms with Gasteiger partial charge in [0.1, 0.15) is 0 Å². The Morgan fingerprint density at radius 1 is 1.56 bits per heavy atom. The number of allylic oxidation sites excluding steroid dienone is 1. The monoisotopic (exact) mass is 127 g/mol. The summed E-state index contributed by atoms with van der Waals surface area (Å²) >= 11 is 0. The van der Waals surface area contributed by atoms with Crippen molar-refractivity contribution in [2.45, 2.75) is 39.7 Å². The van der Waals surface area contributed by atoms with Crippen molar-refractivity contribution >= 4 is 0 Å². The lowest BCUT2D eigenvalue weighted by atomic mass is 10.1. The van der Waals surface area contributed by atoms with Gasteiger partial charge in [-0.2, -0.15) is 0 Å². The zero-order chi connectivity index (χ0) is 7.28. The molecule has 0 aromatic carbocycles. The minimum absolute atomic E-state index is 0.361. The van der Waals surface area contributed by atoms with E-state index in [0.29, 0.717) is 6.04 Å². The van der Waals surface area contributed by atoms with Crippen molar-refractivity contribution in [3.05, 3.63) is 11.6 Å². The zero-order valence-corrected chi connectivity index (χ0v) is 6.65. The quantitative estimate of drug-likeness (QED) is 0.577. The molecule has 0 bridgehead atoms. The third kappa shape index (κ3) is 5.57. The predicted molar refractivity (Wildman–Crippen MR) is 42.3 cm³/mol. The molecule has 0 fully saturated rings. The molecule has 0 saturated heterocycles. The Balaban J connectivity index is 3.37. The van der Waals surface area contributed by atoms with E-state index in [4.69, 9.17) is 5.73 Å². The fraction of sp³-hybridized carbons (Fsp3) is 0.750. The molecule has 0 heterocycles. The van der Waals surface area contributed by atoms with Gasteiger partial charge in [-0.05, 0) is 26.7 Å². The molecule has 54 valence electrons. The maximum Gasteiger partial charge on any atom is 0.00708 e. The van der Waals surface area contributed by atoms with E-state index in [0.717, 1.165) is 12.8 Å². The molecule has 0 aliphatic rings. The summed E-state index contributed by atoms with van der Waals surface area (Å²) in [6, 6.07) is 0.361. The smallest absolute Gasteiger partial charge is 0.00708 e. The van der Waals surface area contributed by atoms with Crippen LogP contribution < -0.4 is 5.73 Å². The van der Waals surface area contributed by atoms with Gasteiger partial charge in [0, 0.05) is 6.04 Å². The highest BCUT2D eigenvalue weighted by Gasteiger charge is 1.93. The van der Waals surface area contributed by atoms with Crippen molar-refractivity contribution < 1.29 is 0 Å². The van der Waals surface area contributed by atoms with E-state index in [1.54, 1.807) is 0 Å². The molecule has 0 aliphatic heterocycles. The van der Waals surface area contributed by atoms with Crippen LogP contribution in [0, 0.1) is 0 Å². The van der Waals surface area contributed by atoms with Gasteiger partial charge < -0.3 is 5.73 Å². The average Bonchev–Trinajstić information content (AvgIpc) is 1.83. The summed E-state index contributed by atoms with van der Waals surface area (Å²) in [6.45, 7) is 6.31. The molecule has 0 radical (unpaired) electrons. The molecule has 2 N–H and O–H groups in total. The van der Waals surface area contributed by atoms with Crippen LogP contribution in [0.25, 0.3) is 0 Å². The highest BCUT2D eigenvalue weighted by atomic mass is 14.6. The van der Waals surface area contributed by atoms with Gasteiger partial charge in [0.15, 0.2) is 0 Å². The first-order valence-corrected chi connectivity index (χ1v) is 3.55. The molecular formula is C8H17N. The van der Waals surface area contributed by atoms with Crippen LogP contribution in [0.3, 0.4) is 0 Å². The minimum Gasteiger partial charge on any atom is -0.327 e. The number of rotatable bonds is 3. The van der Waals surface area contributed by atoms with E-state index < -0.39 is 0 Å². The Morgan fingerprint density at radius 3 is 2.44 bits per heavy atom. The fourth-order valence-corrected chi connectivity index (χ4v) is 0.554. The fourth-order valence-electron chi connectivity index (χ4n) is 0.554. The molecule has 1 atom stereocenters. The van der Waals surface area contributed by atoms with Crippen LogP contribution in [-0.2, 0) is 0 Å². The van der Waals surface area contributed by atoms with Gasteiger partial charge in [-0.1, -0.05) is 18.6 Å². The van der Waals surface area contributed by atoms with Crippen LogP contribution >= 0.6 is 0 Å². The molecule has 0 rings (SSSR count). The van der Waals surface area contributed by atoms with Crippen LogP contribution in [0.2, 0.25) is 0 Å². The van der Waals surface area contributed by atoms with Crippen molar-refractivity contribution in [2.24, 2.45) is 5.73 Å². The topological polar surface area (TPSA) is 26.0 Å². The van der Waals surface area contributed by atoms with Crippen LogP contribution in [0.5, 0.6) is 0 Å². The molecule has 1 unspecified atom stereocenters. The van der Waals surface area contributed by atoms with Crippen molar-refractivity contribution in [1.82, 2.24) is 0 Å². The van der Waals surface area contributed by atoms with Crippen molar-refractivity contribution in [3.63, 3.8) is 0 Å². The lowest BCUT2D eigenvalue weighted by molar-refractivity contribution is 0.657. The Hall–Kier alpha value is -0.300. The maximum absolute atomic E-state index is 5.68.